The van der Waals surface area contributed by atoms with Crippen molar-refractivity contribution < 1.29 is 28.1 Å². The van der Waals surface area contributed by atoms with Gasteiger partial charge in [-0.05, 0) is 32.6 Å². The Morgan fingerprint density at radius 3 is 1.21 bits per heavy atom. The molecule has 0 aromatic rings. The smallest absolute Gasteiger partial charge is 0.183 e. The summed E-state index contributed by atoms with van der Waals surface area (Å²) in [5.41, 5.74) is 5.36. The van der Waals surface area contributed by atoms with Crippen molar-refractivity contribution in [1.82, 2.24) is 0 Å². The first-order valence-electron chi connectivity index (χ1n) is 8.79. The zero-order valence-corrected chi connectivity index (χ0v) is 16.7. The van der Waals surface area contributed by atoms with Gasteiger partial charge in [-0.15, -0.1) is 0 Å². The minimum Gasteiger partial charge on any atom is -0.415 e. The minimum absolute atomic E-state index is 0.565. The van der Waals surface area contributed by atoms with Crippen LogP contribution in [0.4, 0.5) is 0 Å². The summed E-state index contributed by atoms with van der Waals surface area (Å²) in [6, 6.07) is 0. The van der Waals surface area contributed by atoms with Crippen molar-refractivity contribution in [2.24, 2.45) is 5.73 Å². The third-order valence-corrected chi connectivity index (χ3v) is 3.81. The van der Waals surface area contributed by atoms with Gasteiger partial charge in [0, 0.05) is 6.61 Å². The lowest BCUT2D eigenvalue weighted by Gasteiger charge is -2.16. The summed E-state index contributed by atoms with van der Waals surface area (Å²) < 4.78 is 32.6. The molecule has 0 spiro atoms. The summed E-state index contributed by atoms with van der Waals surface area (Å²) in [5.74, 6) is 0. The van der Waals surface area contributed by atoms with Gasteiger partial charge in [-0.1, -0.05) is 0 Å². The van der Waals surface area contributed by atoms with Gasteiger partial charge in [-0.25, -0.2) is 0 Å². The zero-order chi connectivity index (χ0) is 17.9. The zero-order valence-electron chi connectivity index (χ0n) is 15.7. The van der Waals surface area contributed by atoms with Gasteiger partial charge in [0.25, 0.3) is 0 Å². The molecule has 0 aliphatic carbocycles. The predicted octanol–water partition coefficient (Wildman–Crippen LogP) is 1.27. The standard InChI is InChI=1S/C16H37NO6Si/c1-24(2,3)23-16-15-22-14-13-21-12-11-20-10-9-19-8-7-18-6-4-5-17/h4-17H2,1-3H3. The average Bonchev–Trinajstić information content (AvgIpc) is 2.52. The molecule has 0 unspecified atom stereocenters. The van der Waals surface area contributed by atoms with Crippen LogP contribution >= 0.6 is 0 Å². The van der Waals surface area contributed by atoms with Gasteiger partial charge in [0.1, 0.15) is 0 Å². The molecule has 0 fully saturated rings. The van der Waals surface area contributed by atoms with E-state index in [0.29, 0.717) is 79.2 Å². The maximum absolute atomic E-state index is 5.68. The van der Waals surface area contributed by atoms with Crippen LogP contribution in [0.5, 0.6) is 0 Å². The van der Waals surface area contributed by atoms with Crippen LogP contribution in [0.3, 0.4) is 0 Å². The maximum Gasteiger partial charge on any atom is 0.183 e. The lowest BCUT2D eigenvalue weighted by atomic mass is 10.5. The maximum atomic E-state index is 5.68. The highest BCUT2D eigenvalue weighted by atomic mass is 28.4. The highest BCUT2D eigenvalue weighted by molar-refractivity contribution is 6.69. The minimum atomic E-state index is -1.42. The molecule has 0 saturated carbocycles. The second kappa shape index (κ2) is 17.8. The van der Waals surface area contributed by atoms with Crippen LogP contribution in [-0.2, 0) is 28.1 Å². The topological polar surface area (TPSA) is 81.4 Å². The molecule has 0 saturated heterocycles. The van der Waals surface area contributed by atoms with E-state index in [0.717, 1.165) is 6.42 Å². The third kappa shape index (κ3) is 21.9. The first-order chi connectivity index (χ1) is 11.6. The Labute approximate surface area is 148 Å². The summed E-state index contributed by atoms with van der Waals surface area (Å²) in [4.78, 5) is 0. The lowest BCUT2D eigenvalue weighted by molar-refractivity contribution is -0.0128. The van der Waals surface area contributed by atoms with E-state index in [2.05, 4.69) is 19.6 Å². The Hall–Kier alpha value is -0.0631. The van der Waals surface area contributed by atoms with Gasteiger partial charge in [0.2, 0.25) is 0 Å². The molecule has 2 N–H and O–H groups in total. The van der Waals surface area contributed by atoms with Crippen LogP contribution in [0.2, 0.25) is 19.6 Å². The molecule has 0 aliphatic heterocycles. The van der Waals surface area contributed by atoms with Gasteiger partial charge in [-0.3, -0.25) is 0 Å². The van der Waals surface area contributed by atoms with Gasteiger partial charge in [0.05, 0.1) is 66.1 Å². The average molecular weight is 368 g/mol. The molecular weight excluding hydrogens is 330 g/mol. The lowest BCUT2D eigenvalue weighted by Crippen LogP contribution is -2.27. The van der Waals surface area contributed by atoms with E-state index in [1.165, 1.54) is 0 Å². The molecule has 8 heteroatoms. The van der Waals surface area contributed by atoms with E-state index in [4.69, 9.17) is 33.8 Å². The largest absolute Gasteiger partial charge is 0.415 e. The Bertz CT molecular complexity index is 253. The van der Waals surface area contributed by atoms with Crippen molar-refractivity contribution in [3.05, 3.63) is 0 Å². The molecule has 0 aromatic carbocycles. The van der Waals surface area contributed by atoms with Crippen molar-refractivity contribution in [1.29, 1.82) is 0 Å². The molecule has 24 heavy (non-hydrogen) atoms. The molecule has 0 atom stereocenters. The van der Waals surface area contributed by atoms with Crippen LogP contribution < -0.4 is 5.73 Å². The van der Waals surface area contributed by atoms with Gasteiger partial charge >= 0.3 is 0 Å². The van der Waals surface area contributed by atoms with E-state index in [1.807, 2.05) is 0 Å². The normalized spacial score (nSPS) is 12.0. The first-order valence-corrected chi connectivity index (χ1v) is 12.2. The van der Waals surface area contributed by atoms with Gasteiger partial charge in [-0.2, -0.15) is 0 Å². The Kier molecular flexibility index (Phi) is 17.7. The van der Waals surface area contributed by atoms with E-state index in [-0.39, 0.29) is 0 Å². The molecule has 0 amide bonds. The van der Waals surface area contributed by atoms with Crippen molar-refractivity contribution in [2.45, 2.75) is 26.1 Å². The fraction of sp³-hybridized carbons (Fsp3) is 1.00. The molecule has 0 rings (SSSR count). The van der Waals surface area contributed by atoms with E-state index < -0.39 is 8.32 Å². The van der Waals surface area contributed by atoms with Crippen LogP contribution in [-0.4, -0.2) is 87.5 Å². The summed E-state index contributed by atoms with van der Waals surface area (Å²) in [5, 5.41) is 0. The molecule has 0 radical (unpaired) electrons. The summed E-state index contributed by atoms with van der Waals surface area (Å²) in [6.07, 6.45) is 0.889. The quantitative estimate of drug-likeness (QED) is 0.272. The predicted molar refractivity (Wildman–Crippen MR) is 97.1 cm³/mol. The Morgan fingerprint density at radius 1 is 0.542 bits per heavy atom. The first kappa shape index (κ1) is 23.9. The Morgan fingerprint density at radius 2 is 0.875 bits per heavy atom. The monoisotopic (exact) mass is 367 g/mol. The van der Waals surface area contributed by atoms with E-state index in [9.17, 15) is 0 Å². The van der Waals surface area contributed by atoms with Gasteiger partial charge in [0.15, 0.2) is 8.32 Å². The number of rotatable bonds is 19. The molecule has 0 aromatic heterocycles. The molecule has 7 nitrogen and oxygen atoms in total. The second-order valence-electron chi connectivity index (χ2n) is 6.16. The number of nitrogens with two attached hydrogens (primary N) is 1. The fourth-order valence-corrected chi connectivity index (χ4v) is 2.27. The van der Waals surface area contributed by atoms with Crippen molar-refractivity contribution in [2.75, 3.05) is 79.2 Å². The van der Waals surface area contributed by atoms with E-state index >= 15 is 0 Å². The van der Waals surface area contributed by atoms with Crippen molar-refractivity contribution in [3.8, 4) is 0 Å². The summed E-state index contributed by atoms with van der Waals surface area (Å²) in [6.45, 7) is 13.8. The summed E-state index contributed by atoms with van der Waals surface area (Å²) in [7, 11) is -1.42. The van der Waals surface area contributed by atoms with Crippen LogP contribution in [0.15, 0.2) is 0 Å². The fourth-order valence-electron chi connectivity index (χ4n) is 1.57. The highest BCUT2D eigenvalue weighted by Gasteiger charge is 2.12. The van der Waals surface area contributed by atoms with Gasteiger partial charge < -0.3 is 33.8 Å². The Balaban J connectivity index is 3.00. The molecule has 0 bridgehead atoms. The SMILES string of the molecule is C[Si](C)(C)OCCOCCOCCOCCOCCOCCCN. The molecule has 0 aliphatic rings. The van der Waals surface area contributed by atoms with Crippen LogP contribution in [0.1, 0.15) is 6.42 Å². The van der Waals surface area contributed by atoms with Crippen LogP contribution in [0, 0.1) is 0 Å². The molecule has 146 valence electrons. The number of ether oxygens (including phenoxy) is 5. The number of hydrogen-bond donors (Lipinski definition) is 1. The van der Waals surface area contributed by atoms with Crippen LogP contribution in [0.25, 0.3) is 0 Å². The second-order valence-corrected chi connectivity index (χ2v) is 10.7. The third-order valence-electron chi connectivity index (χ3n) is 2.74. The molecular formula is C16H37NO6Si. The highest BCUT2D eigenvalue weighted by Crippen LogP contribution is 2.01. The summed E-state index contributed by atoms with van der Waals surface area (Å²) >= 11 is 0. The number of hydrogen-bond acceptors (Lipinski definition) is 7. The molecule has 0 heterocycles. The van der Waals surface area contributed by atoms with Crippen molar-refractivity contribution in [3.63, 3.8) is 0 Å². The van der Waals surface area contributed by atoms with E-state index in [1.54, 1.807) is 0 Å². The van der Waals surface area contributed by atoms with Crippen molar-refractivity contribution >= 4 is 8.32 Å².